The van der Waals surface area contributed by atoms with Crippen molar-refractivity contribution in [3.63, 3.8) is 0 Å². The molecule has 0 aliphatic heterocycles. The third-order valence-electron chi connectivity index (χ3n) is 4.16. The second kappa shape index (κ2) is 11.5. The van der Waals surface area contributed by atoms with E-state index < -0.39 is 34.0 Å². The van der Waals surface area contributed by atoms with Crippen molar-refractivity contribution < 1.29 is 37.3 Å². The average Bonchev–Trinajstić information content (AvgIpc) is 2.76. The average molecular weight is 478 g/mol. The van der Waals surface area contributed by atoms with Gasteiger partial charge in [-0.3, -0.25) is 10.1 Å². The van der Waals surface area contributed by atoms with Crippen LogP contribution in [0.3, 0.4) is 0 Å². The molecule has 0 heterocycles. The molecular weight excluding hydrogens is 450 g/mol. The van der Waals surface area contributed by atoms with Gasteiger partial charge >= 0.3 is 6.09 Å². The Morgan fingerprint density at radius 3 is 1.82 bits per heavy atom. The molecule has 178 valence electrons. The highest BCUT2D eigenvalue weighted by Gasteiger charge is 2.18. The molecule has 2 rings (SSSR count). The Morgan fingerprint density at radius 1 is 0.939 bits per heavy atom. The molecule has 10 heteroatoms. The van der Waals surface area contributed by atoms with Crippen LogP contribution in [0.1, 0.15) is 20.8 Å². The van der Waals surface area contributed by atoms with E-state index >= 15 is 0 Å². The van der Waals surface area contributed by atoms with Gasteiger partial charge in [0.2, 0.25) is 9.84 Å². The molecule has 2 N–H and O–H groups in total. The zero-order valence-electron chi connectivity index (χ0n) is 18.6. The summed E-state index contributed by atoms with van der Waals surface area (Å²) in [6.45, 7) is 8.15. The molecule has 0 aliphatic rings. The number of sulfone groups is 1. The number of amides is 2. The Balaban J connectivity index is 1.94. The van der Waals surface area contributed by atoms with Crippen LogP contribution in [0.25, 0.3) is 0 Å². The molecule has 2 aromatic carbocycles. The topological polar surface area (TPSA) is 128 Å². The van der Waals surface area contributed by atoms with E-state index in [1.807, 2.05) is 5.32 Å². The lowest BCUT2D eigenvalue weighted by Gasteiger charge is -2.15. The van der Waals surface area contributed by atoms with Crippen molar-refractivity contribution in [1.29, 1.82) is 0 Å². The minimum atomic E-state index is -3.75. The van der Waals surface area contributed by atoms with Gasteiger partial charge in [-0.25, -0.2) is 13.2 Å². The minimum Gasteiger partial charge on any atom is -0.491 e. The molecular formula is C23H27NO8S. The lowest BCUT2D eigenvalue weighted by molar-refractivity contribution is -0.117. The SMILES string of the molecule is C=C(C)C(=O)NC(=O)OC(C)COc1ccc(S(=O)(=O)c2ccc(OCC(C)O)cc2)cc1. The van der Waals surface area contributed by atoms with Gasteiger partial charge in [0.1, 0.15) is 30.8 Å². The summed E-state index contributed by atoms with van der Waals surface area (Å²) in [5, 5.41) is 11.3. The van der Waals surface area contributed by atoms with Crippen LogP contribution in [0.4, 0.5) is 4.79 Å². The first-order valence-corrected chi connectivity index (χ1v) is 11.5. The smallest absolute Gasteiger partial charge is 0.414 e. The van der Waals surface area contributed by atoms with Crippen LogP contribution in [0, 0.1) is 0 Å². The van der Waals surface area contributed by atoms with Gasteiger partial charge in [-0.1, -0.05) is 6.58 Å². The molecule has 2 unspecified atom stereocenters. The maximum Gasteiger partial charge on any atom is 0.414 e. The number of rotatable bonds is 10. The van der Waals surface area contributed by atoms with E-state index in [9.17, 15) is 23.1 Å². The molecule has 0 aromatic heterocycles. The summed E-state index contributed by atoms with van der Waals surface area (Å²) in [6.07, 6.45) is -2.21. The third kappa shape index (κ3) is 7.92. The van der Waals surface area contributed by atoms with Crippen LogP contribution in [-0.2, 0) is 19.4 Å². The van der Waals surface area contributed by atoms with E-state index in [1.54, 1.807) is 13.8 Å². The predicted octanol–water partition coefficient (Wildman–Crippen LogP) is 2.88. The van der Waals surface area contributed by atoms with E-state index in [2.05, 4.69) is 6.58 Å². The van der Waals surface area contributed by atoms with Gasteiger partial charge in [-0.2, -0.15) is 0 Å². The fourth-order valence-corrected chi connectivity index (χ4v) is 3.70. The molecule has 2 amide bonds. The number of aliphatic hydroxyl groups is 1. The molecule has 9 nitrogen and oxygen atoms in total. The standard InChI is InChI=1S/C23H27NO8S/c1-15(2)22(26)24-23(27)32-17(4)14-31-19-7-11-21(12-8-19)33(28,29)20-9-5-18(6-10-20)30-13-16(3)25/h5-12,16-17,25H,1,13-14H2,2-4H3,(H,24,26,27). The number of alkyl carbamates (subject to hydrolysis) is 1. The lowest BCUT2D eigenvalue weighted by Crippen LogP contribution is -2.35. The predicted molar refractivity (Wildman–Crippen MR) is 120 cm³/mol. The molecule has 0 saturated heterocycles. The van der Waals surface area contributed by atoms with E-state index in [4.69, 9.17) is 14.2 Å². The summed E-state index contributed by atoms with van der Waals surface area (Å²) in [4.78, 5) is 23.2. The maximum absolute atomic E-state index is 12.8. The number of hydrogen-bond donors (Lipinski definition) is 2. The lowest BCUT2D eigenvalue weighted by atomic mass is 10.3. The van der Waals surface area contributed by atoms with E-state index in [0.29, 0.717) is 11.5 Å². The van der Waals surface area contributed by atoms with Crippen LogP contribution in [0.2, 0.25) is 0 Å². The zero-order valence-corrected chi connectivity index (χ0v) is 19.4. The molecule has 0 fully saturated rings. The minimum absolute atomic E-state index is 0.00526. The first-order chi connectivity index (χ1) is 15.5. The monoisotopic (exact) mass is 477 g/mol. The highest BCUT2D eigenvalue weighted by atomic mass is 32.2. The molecule has 0 bridgehead atoms. The molecule has 33 heavy (non-hydrogen) atoms. The first-order valence-electron chi connectivity index (χ1n) is 10.1. The molecule has 2 atom stereocenters. The normalized spacial score (nSPS) is 12.8. The van der Waals surface area contributed by atoms with Crippen molar-refractivity contribution >= 4 is 21.8 Å². The van der Waals surface area contributed by atoms with E-state index in [1.165, 1.54) is 55.5 Å². The molecule has 2 aromatic rings. The second-order valence-electron chi connectivity index (χ2n) is 7.37. The summed E-state index contributed by atoms with van der Waals surface area (Å²) < 4.78 is 41.5. The maximum atomic E-state index is 12.8. The Labute approximate surface area is 192 Å². The van der Waals surface area contributed by atoms with Gasteiger partial charge in [-0.15, -0.1) is 0 Å². The summed E-state index contributed by atoms with van der Waals surface area (Å²) in [5.41, 5.74) is 0.173. The van der Waals surface area contributed by atoms with E-state index in [0.717, 1.165) is 0 Å². The molecule has 0 radical (unpaired) electrons. The van der Waals surface area contributed by atoms with Gasteiger partial charge in [-0.05, 0) is 69.3 Å². The summed E-state index contributed by atoms with van der Waals surface area (Å²) >= 11 is 0. The van der Waals surface area contributed by atoms with Crippen molar-refractivity contribution in [2.24, 2.45) is 0 Å². The summed E-state index contributed by atoms with van der Waals surface area (Å²) in [6, 6.07) is 11.7. The fraction of sp³-hybridized carbons (Fsp3) is 0.304. The number of benzene rings is 2. The number of carbonyl (C=O) groups is 2. The summed E-state index contributed by atoms with van der Waals surface area (Å²) in [7, 11) is -3.75. The van der Waals surface area contributed by atoms with Crippen molar-refractivity contribution in [2.75, 3.05) is 13.2 Å². The Morgan fingerprint density at radius 2 is 1.39 bits per heavy atom. The number of imide groups is 1. The van der Waals surface area contributed by atoms with Gasteiger partial charge in [0, 0.05) is 5.57 Å². The quantitative estimate of drug-likeness (QED) is 0.500. The highest BCUT2D eigenvalue weighted by Crippen LogP contribution is 2.25. The van der Waals surface area contributed by atoms with Crippen LogP contribution in [0.15, 0.2) is 70.5 Å². The number of hydrogen-bond acceptors (Lipinski definition) is 8. The van der Waals surface area contributed by atoms with Crippen LogP contribution >= 0.6 is 0 Å². The number of nitrogens with one attached hydrogen (secondary N) is 1. The van der Waals surface area contributed by atoms with Gasteiger partial charge < -0.3 is 19.3 Å². The molecule has 0 aliphatic carbocycles. The van der Waals surface area contributed by atoms with Gasteiger partial charge in [0.15, 0.2) is 0 Å². The Hall–Kier alpha value is -3.37. The van der Waals surface area contributed by atoms with E-state index in [-0.39, 0.29) is 28.6 Å². The van der Waals surface area contributed by atoms with Crippen molar-refractivity contribution in [2.45, 2.75) is 42.8 Å². The Bertz CT molecular complexity index is 1080. The molecule has 0 spiro atoms. The van der Waals surface area contributed by atoms with Crippen molar-refractivity contribution in [3.8, 4) is 11.5 Å². The first kappa shape index (κ1) is 25.9. The highest BCUT2D eigenvalue weighted by molar-refractivity contribution is 7.91. The molecule has 0 saturated carbocycles. The van der Waals surface area contributed by atoms with Crippen LogP contribution in [-0.4, -0.2) is 50.9 Å². The third-order valence-corrected chi connectivity index (χ3v) is 5.94. The summed E-state index contributed by atoms with van der Waals surface area (Å²) in [5.74, 6) is 0.198. The van der Waals surface area contributed by atoms with Crippen LogP contribution in [0.5, 0.6) is 11.5 Å². The van der Waals surface area contributed by atoms with Crippen molar-refractivity contribution in [1.82, 2.24) is 5.32 Å². The Kier molecular flexibility index (Phi) is 9.01. The number of ether oxygens (including phenoxy) is 3. The number of carbonyl (C=O) groups excluding carboxylic acids is 2. The second-order valence-corrected chi connectivity index (χ2v) is 9.32. The van der Waals surface area contributed by atoms with Gasteiger partial charge in [0.05, 0.1) is 15.9 Å². The van der Waals surface area contributed by atoms with Crippen LogP contribution < -0.4 is 14.8 Å². The van der Waals surface area contributed by atoms with Gasteiger partial charge in [0.25, 0.3) is 5.91 Å². The fourth-order valence-electron chi connectivity index (χ4n) is 2.44. The zero-order chi connectivity index (χ0) is 24.6. The number of aliphatic hydroxyl groups excluding tert-OH is 1. The largest absolute Gasteiger partial charge is 0.491 e. The van der Waals surface area contributed by atoms with Crippen molar-refractivity contribution in [3.05, 3.63) is 60.7 Å².